The topological polar surface area (TPSA) is 376 Å². The fraction of sp³-hybridized carbons (Fsp3) is 0.463. The van der Waals surface area contributed by atoms with Crippen LogP contribution in [0.2, 0.25) is 0 Å². The maximum Gasteiger partial charge on any atom is 0.243 e. The van der Waals surface area contributed by atoms with Gasteiger partial charge in [0.1, 0.15) is 42.3 Å². The summed E-state index contributed by atoms with van der Waals surface area (Å²) in [5, 5.41) is 24.0. The second kappa shape index (κ2) is 27.5. The minimum atomic E-state index is -1.56. The van der Waals surface area contributed by atoms with E-state index >= 15 is 0 Å². The van der Waals surface area contributed by atoms with Crippen LogP contribution in [0.5, 0.6) is 0 Å². The molecular weight excluding hydrogens is 1000 g/mol. The Hall–Kier alpha value is -8.57. The molecule has 24 heteroatoms. The number of nitrogens with two attached hydrogens (primary N) is 3. The van der Waals surface area contributed by atoms with Gasteiger partial charge in [-0.25, -0.2) is 0 Å². The molecular formula is C54H72N14O10. The number of para-hydroxylation sites is 1. The molecule has 24 nitrogen and oxygen atoms in total. The third-order valence-corrected chi connectivity index (χ3v) is 13.7. The standard InChI is InChI=1S/C54H72N14O10/c1-29(2)45(52(77)61-27-42(55)69)67-53(78)46(30(3)4)66-48(73)38-19-20-43(70)60-28-44(71)68-22-10-16-41(68)51(76)65-39(24-31-17-18-32-11-5-6-12-33(32)23-31)49(74)62-37(15-9-21-58-54(56)57)47(72)64-40(50(75)63-38)25-34-26-59-36-14-8-7-13-35(34)36/h5-8,11-14,17-18,23,26,29-30,37-41,45-46,59H,9-10,15-16,19-22,24-25,27-28H2,1-4H3,(H2,55,69)(H,60,70)(H,61,77)(H,62,74)(H,63,75)(H,64,72)(H,65,76)(H,66,73)(H,67,78)(H4,56,57,58)/t37-,38+,39-,40+,41-,45+,46+/m1/s1. The zero-order chi connectivity index (χ0) is 56.6. The third-order valence-electron chi connectivity index (χ3n) is 13.7. The lowest BCUT2D eigenvalue weighted by atomic mass is 9.98. The largest absolute Gasteiger partial charge is 0.370 e. The van der Waals surface area contributed by atoms with Crippen molar-refractivity contribution >= 4 is 86.7 Å². The molecule has 1 aromatic heterocycles. The minimum Gasteiger partial charge on any atom is -0.370 e. The van der Waals surface area contributed by atoms with E-state index in [1.54, 1.807) is 40.0 Å². The van der Waals surface area contributed by atoms with Crippen molar-refractivity contribution in [3.8, 4) is 0 Å². The molecule has 2 aliphatic rings. The molecule has 2 fully saturated rings. The third kappa shape index (κ3) is 16.2. The van der Waals surface area contributed by atoms with Gasteiger partial charge in [0.05, 0.1) is 13.1 Å². The van der Waals surface area contributed by atoms with Crippen LogP contribution >= 0.6 is 0 Å². The highest BCUT2D eigenvalue weighted by atomic mass is 16.2. The fourth-order valence-corrected chi connectivity index (χ4v) is 9.49. The van der Waals surface area contributed by atoms with Gasteiger partial charge in [0.2, 0.25) is 59.1 Å². The first-order chi connectivity index (χ1) is 37.2. The number of hydrogen-bond donors (Lipinski definition) is 12. The first kappa shape index (κ1) is 58.7. The molecule has 0 bridgehead atoms. The molecule has 10 amide bonds. The summed E-state index contributed by atoms with van der Waals surface area (Å²) in [5.74, 6) is -8.82. The smallest absolute Gasteiger partial charge is 0.243 e. The lowest BCUT2D eigenvalue weighted by Crippen LogP contribution is -2.61. The van der Waals surface area contributed by atoms with Crippen LogP contribution in [-0.2, 0) is 60.8 Å². The van der Waals surface area contributed by atoms with E-state index in [2.05, 4.69) is 52.5 Å². The fourth-order valence-electron chi connectivity index (χ4n) is 9.49. The summed E-state index contributed by atoms with van der Waals surface area (Å²) in [5.41, 5.74) is 18.4. The Kier molecular flexibility index (Phi) is 20.7. The number of primary amides is 1. The van der Waals surface area contributed by atoms with Crippen molar-refractivity contribution in [3.05, 3.63) is 84.1 Å². The van der Waals surface area contributed by atoms with E-state index in [9.17, 15) is 47.9 Å². The van der Waals surface area contributed by atoms with Crippen molar-refractivity contribution in [2.45, 2.75) is 121 Å². The van der Waals surface area contributed by atoms with Gasteiger partial charge >= 0.3 is 0 Å². The number of nitrogens with one attached hydrogen (secondary N) is 9. The molecule has 6 rings (SSSR count). The first-order valence-corrected chi connectivity index (χ1v) is 26.2. The second-order valence-corrected chi connectivity index (χ2v) is 20.3. The van der Waals surface area contributed by atoms with Crippen LogP contribution in [0.3, 0.4) is 0 Å². The predicted octanol–water partition coefficient (Wildman–Crippen LogP) is -1.12. The van der Waals surface area contributed by atoms with Gasteiger partial charge in [0, 0.05) is 49.5 Å². The van der Waals surface area contributed by atoms with E-state index in [4.69, 9.17) is 17.2 Å². The summed E-state index contributed by atoms with van der Waals surface area (Å²) < 4.78 is 0. The number of nitrogens with zero attached hydrogens (tertiary/aromatic N) is 2. The number of amides is 10. The van der Waals surface area contributed by atoms with Gasteiger partial charge in [-0.1, -0.05) is 88.4 Å². The average Bonchev–Trinajstić information content (AvgIpc) is 4.09. The number of aliphatic imine (C=N–C) groups is 1. The van der Waals surface area contributed by atoms with Crippen molar-refractivity contribution in [1.29, 1.82) is 0 Å². The number of aromatic nitrogens is 1. The number of hydrogen-bond acceptors (Lipinski definition) is 11. The van der Waals surface area contributed by atoms with Crippen LogP contribution in [0.4, 0.5) is 0 Å². The van der Waals surface area contributed by atoms with Crippen molar-refractivity contribution < 1.29 is 47.9 Å². The van der Waals surface area contributed by atoms with Crippen LogP contribution in [0, 0.1) is 11.8 Å². The van der Waals surface area contributed by atoms with Crippen LogP contribution in [0.15, 0.2) is 77.9 Å². The van der Waals surface area contributed by atoms with Crippen molar-refractivity contribution in [2.24, 2.45) is 34.0 Å². The van der Waals surface area contributed by atoms with Crippen LogP contribution in [0.25, 0.3) is 21.7 Å². The molecule has 0 radical (unpaired) electrons. The molecule has 3 aromatic carbocycles. The zero-order valence-corrected chi connectivity index (χ0v) is 44.3. The molecule has 2 saturated heterocycles. The number of fused-ring (bicyclic) bond motifs is 3. The summed E-state index contributed by atoms with van der Waals surface area (Å²) in [4.78, 5) is 148. The molecule has 0 spiro atoms. The molecule has 15 N–H and O–H groups in total. The highest BCUT2D eigenvalue weighted by Gasteiger charge is 2.39. The number of H-pyrrole nitrogens is 1. The van der Waals surface area contributed by atoms with Gasteiger partial charge in [0.25, 0.3) is 0 Å². The number of carbonyl (C=O) groups is 10. The number of benzene rings is 3. The molecule has 0 aliphatic carbocycles. The summed E-state index contributed by atoms with van der Waals surface area (Å²) >= 11 is 0. The Morgan fingerprint density at radius 3 is 2.08 bits per heavy atom. The van der Waals surface area contributed by atoms with E-state index in [0.717, 1.165) is 21.7 Å². The van der Waals surface area contributed by atoms with Gasteiger partial charge in [-0.2, -0.15) is 0 Å². The molecule has 4 aromatic rings. The van der Waals surface area contributed by atoms with Gasteiger partial charge in [-0.3, -0.25) is 52.9 Å². The molecule has 418 valence electrons. The second-order valence-electron chi connectivity index (χ2n) is 20.3. The van der Waals surface area contributed by atoms with Gasteiger partial charge in [-0.15, -0.1) is 0 Å². The highest BCUT2D eigenvalue weighted by molar-refractivity contribution is 5.99. The zero-order valence-electron chi connectivity index (χ0n) is 44.3. The molecule has 0 saturated carbocycles. The molecule has 2 aliphatic heterocycles. The Balaban J connectivity index is 1.37. The normalized spacial score (nSPS) is 20.8. The Labute approximate surface area is 451 Å². The monoisotopic (exact) mass is 1080 g/mol. The van der Waals surface area contributed by atoms with Crippen molar-refractivity contribution in [1.82, 2.24) is 52.4 Å². The van der Waals surface area contributed by atoms with E-state index in [0.29, 0.717) is 17.5 Å². The minimum absolute atomic E-state index is 0.0273. The number of carbonyl (C=O) groups excluding carboxylic acids is 10. The highest BCUT2D eigenvalue weighted by Crippen LogP contribution is 2.22. The number of rotatable bonds is 17. The molecule has 3 heterocycles. The maximum absolute atomic E-state index is 14.9. The van der Waals surface area contributed by atoms with Crippen molar-refractivity contribution in [3.63, 3.8) is 0 Å². The molecule has 78 heavy (non-hydrogen) atoms. The SMILES string of the molecule is CC(C)[C@H](NC(=O)[C@@H]1CCC(=O)NCC(=O)N2CCC[C@@H]2C(=O)N[C@H](Cc2ccc3ccccc3c2)C(=O)N[C@H](CCCN=C(N)N)C(=O)N[C@@H](Cc2c[nH]c3ccccc23)C(=O)N1)C(=O)N[C@H](C(=O)NCC(N)=O)C(C)C. The lowest BCUT2D eigenvalue weighted by Gasteiger charge is -2.30. The van der Waals surface area contributed by atoms with Gasteiger partial charge in [0.15, 0.2) is 5.96 Å². The number of aromatic amines is 1. The average molecular weight is 1080 g/mol. The van der Waals surface area contributed by atoms with Gasteiger partial charge in [-0.05, 0) is 71.9 Å². The summed E-state index contributed by atoms with van der Waals surface area (Å²) in [6.45, 7) is 5.84. The Bertz CT molecular complexity index is 2900. The Morgan fingerprint density at radius 1 is 0.718 bits per heavy atom. The lowest BCUT2D eigenvalue weighted by molar-refractivity contribution is -0.140. The van der Waals surface area contributed by atoms with E-state index in [1.165, 1.54) is 4.90 Å². The van der Waals surface area contributed by atoms with E-state index in [1.807, 2.05) is 60.7 Å². The van der Waals surface area contributed by atoms with E-state index in [-0.39, 0.29) is 57.6 Å². The predicted molar refractivity (Wildman–Crippen MR) is 290 cm³/mol. The van der Waals surface area contributed by atoms with Crippen molar-refractivity contribution in [2.75, 3.05) is 26.2 Å². The van der Waals surface area contributed by atoms with Crippen LogP contribution < -0.4 is 59.7 Å². The van der Waals surface area contributed by atoms with Crippen LogP contribution in [0.1, 0.15) is 77.3 Å². The first-order valence-electron chi connectivity index (χ1n) is 26.2. The maximum atomic E-state index is 14.9. The van der Waals surface area contributed by atoms with E-state index < -0.39 is 133 Å². The quantitative estimate of drug-likeness (QED) is 0.0340. The molecule has 7 atom stereocenters. The molecule has 0 unspecified atom stereocenters. The summed E-state index contributed by atoms with van der Waals surface area (Å²) in [6, 6.07) is 11.3. The van der Waals surface area contributed by atoms with Gasteiger partial charge < -0.3 is 69.6 Å². The Morgan fingerprint density at radius 2 is 1.36 bits per heavy atom. The number of guanidine groups is 1. The van der Waals surface area contributed by atoms with Crippen LogP contribution in [-0.4, -0.2) is 143 Å². The summed E-state index contributed by atoms with van der Waals surface area (Å²) in [7, 11) is 0. The summed E-state index contributed by atoms with van der Waals surface area (Å²) in [6.07, 6.45) is 1.50.